The Bertz CT molecular complexity index is 388. The normalized spacial score (nSPS) is 10.1. The number of rotatable bonds is 7. The van der Waals surface area contributed by atoms with Gasteiger partial charge in [0.25, 0.3) is 0 Å². The van der Waals surface area contributed by atoms with E-state index < -0.39 is 0 Å². The average molecular weight is 268 g/mol. The summed E-state index contributed by atoms with van der Waals surface area (Å²) in [6, 6.07) is 6.16. The van der Waals surface area contributed by atoms with Gasteiger partial charge in [0.05, 0.1) is 0 Å². The zero-order valence-corrected chi connectivity index (χ0v) is 11.9. The second kappa shape index (κ2) is 9.75. The number of hydrogen-bond acceptors (Lipinski definition) is 2. The van der Waals surface area contributed by atoms with Crippen LogP contribution in [0.1, 0.15) is 11.1 Å². The van der Waals surface area contributed by atoms with Crippen molar-refractivity contribution in [2.75, 3.05) is 19.7 Å². The molecule has 3 heteroatoms. The van der Waals surface area contributed by atoms with E-state index in [0.29, 0.717) is 6.61 Å². The van der Waals surface area contributed by atoms with Gasteiger partial charge >= 0.3 is 0 Å². The van der Waals surface area contributed by atoms with Crippen molar-refractivity contribution < 1.29 is 4.74 Å². The smallest absolute Gasteiger partial charge is 0.120 e. The minimum atomic E-state index is 0. The molecule has 100 valence electrons. The van der Waals surface area contributed by atoms with Crippen LogP contribution in [0.4, 0.5) is 0 Å². The highest BCUT2D eigenvalue weighted by molar-refractivity contribution is 5.85. The zero-order chi connectivity index (χ0) is 12.5. The topological polar surface area (TPSA) is 21.3 Å². The first kappa shape index (κ1) is 16.8. The molecule has 0 fully saturated rings. The lowest BCUT2D eigenvalue weighted by Crippen LogP contribution is -2.12. The maximum atomic E-state index is 5.61. The Balaban J connectivity index is 0.00000289. The largest absolute Gasteiger partial charge is 0.490 e. The van der Waals surface area contributed by atoms with Crippen LogP contribution in [-0.2, 0) is 0 Å². The van der Waals surface area contributed by atoms with E-state index in [0.717, 1.165) is 18.8 Å². The molecule has 0 aromatic heterocycles. The van der Waals surface area contributed by atoms with Crippen molar-refractivity contribution in [2.24, 2.45) is 0 Å². The fraction of sp³-hybridized carbons (Fsp3) is 0.333. The molecular weight excluding hydrogens is 246 g/mol. The molecule has 0 heterocycles. The first-order chi connectivity index (χ1) is 8.24. The van der Waals surface area contributed by atoms with Crippen LogP contribution in [0.2, 0.25) is 0 Å². The molecule has 0 aliphatic rings. The second-order valence-corrected chi connectivity index (χ2v) is 3.98. The summed E-state index contributed by atoms with van der Waals surface area (Å²) in [6.45, 7) is 10.1. The Morgan fingerprint density at radius 3 is 2.61 bits per heavy atom. The van der Waals surface area contributed by atoms with E-state index in [9.17, 15) is 0 Å². The van der Waals surface area contributed by atoms with Crippen molar-refractivity contribution in [1.29, 1.82) is 0 Å². The second-order valence-electron chi connectivity index (χ2n) is 3.98. The van der Waals surface area contributed by atoms with Crippen LogP contribution in [0.15, 0.2) is 43.0 Å². The first-order valence-electron chi connectivity index (χ1n) is 5.90. The van der Waals surface area contributed by atoms with Crippen molar-refractivity contribution in [1.82, 2.24) is 5.32 Å². The lowest BCUT2D eigenvalue weighted by atomic mass is 10.1. The lowest BCUT2D eigenvalue weighted by molar-refractivity contribution is 0.362. The van der Waals surface area contributed by atoms with E-state index in [1.807, 2.05) is 18.2 Å². The quantitative estimate of drug-likeness (QED) is 0.604. The molecule has 0 saturated heterocycles. The Hall–Kier alpha value is -1.25. The molecule has 1 aromatic rings. The van der Waals surface area contributed by atoms with Crippen LogP contribution >= 0.6 is 12.4 Å². The first-order valence-corrected chi connectivity index (χ1v) is 5.90. The summed E-state index contributed by atoms with van der Waals surface area (Å²) in [6.07, 6.45) is 5.93. The van der Waals surface area contributed by atoms with Crippen LogP contribution in [0.5, 0.6) is 5.75 Å². The molecule has 0 radical (unpaired) electrons. The van der Waals surface area contributed by atoms with Gasteiger partial charge in [-0.3, -0.25) is 0 Å². The monoisotopic (exact) mass is 267 g/mol. The molecule has 0 saturated carbocycles. The van der Waals surface area contributed by atoms with Crippen molar-refractivity contribution in [3.8, 4) is 5.75 Å². The summed E-state index contributed by atoms with van der Waals surface area (Å²) >= 11 is 0. The Morgan fingerprint density at radius 2 is 1.94 bits per heavy atom. The zero-order valence-electron chi connectivity index (χ0n) is 11.1. The highest BCUT2D eigenvalue weighted by Crippen LogP contribution is 2.16. The van der Waals surface area contributed by atoms with Gasteiger partial charge in [0.1, 0.15) is 12.4 Å². The van der Waals surface area contributed by atoms with Crippen molar-refractivity contribution >= 4 is 12.4 Å². The molecule has 0 amide bonds. The van der Waals surface area contributed by atoms with Crippen molar-refractivity contribution in [3.05, 3.63) is 54.1 Å². The van der Waals surface area contributed by atoms with E-state index in [-0.39, 0.29) is 12.4 Å². The maximum Gasteiger partial charge on any atom is 0.120 e. The van der Waals surface area contributed by atoms with E-state index in [2.05, 4.69) is 44.0 Å². The Kier molecular flexibility index (Phi) is 9.07. The number of ether oxygens (including phenoxy) is 1. The van der Waals surface area contributed by atoms with Gasteiger partial charge in [-0.15, -0.1) is 19.0 Å². The van der Waals surface area contributed by atoms with Crippen molar-refractivity contribution in [3.63, 3.8) is 0 Å². The third-order valence-electron chi connectivity index (χ3n) is 2.54. The lowest BCUT2D eigenvalue weighted by Gasteiger charge is -2.05. The molecule has 1 N–H and O–H groups in total. The maximum absolute atomic E-state index is 5.61. The number of halogens is 1. The minimum Gasteiger partial charge on any atom is -0.490 e. The van der Waals surface area contributed by atoms with Gasteiger partial charge in [0.15, 0.2) is 0 Å². The predicted octanol–water partition coefficient (Wildman–Crippen LogP) is 3.44. The summed E-state index contributed by atoms with van der Waals surface area (Å²) in [7, 11) is 0. The number of nitrogens with one attached hydrogen (secondary N) is 1. The Labute approximate surface area is 116 Å². The van der Waals surface area contributed by atoms with E-state index >= 15 is 0 Å². The fourth-order valence-corrected chi connectivity index (χ4v) is 1.37. The molecule has 1 aromatic carbocycles. The molecule has 18 heavy (non-hydrogen) atoms. The molecule has 0 unspecified atom stereocenters. The average Bonchev–Trinajstić information content (AvgIpc) is 2.32. The summed E-state index contributed by atoms with van der Waals surface area (Å²) in [5, 5.41) is 3.19. The van der Waals surface area contributed by atoms with Crippen LogP contribution in [0.25, 0.3) is 0 Å². The summed E-state index contributed by atoms with van der Waals surface area (Å²) < 4.78 is 5.61. The van der Waals surface area contributed by atoms with E-state index in [1.165, 1.54) is 11.1 Å². The van der Waals surface area contributed by atoms with Crippen LogP contribution in [0.3, 0.4) is 0 Å². The van der Waals surface area contributed by atoms with Crippen LogP contribution in [0, 0.1) is 13.8 Å². The number of aryl methyl sites for hydroxylation is 2. The molecule has 0 atom stereocenters. The van der Waals surface area contributed by atoms with Crippen LogP contribution in [-0.4, -0.2) is 19.7 Å². The molecule has 1 rings (SSSR count). The summed E-state index contributed by atoms with van der Waals surface area (Å²) in [5.74, 6) is 0.928. The van der Waals surface area contributed by atoms with Gasteiger partial charge in [-0.05, 0) is 37.1 Å². The number of hydrogen-bond donors (Lipinski definition) is 1. The number of benzene rings is 1. The molecule has 0 spiro atoms. The fourth-order valence-electron chi connectivity index (χ4n) is 1.37. The minimum absolute atomic E-state index is 0. The van der Waals surface area contributed by atoms with Gasteiger partial charge in [-0.1, -0.05) is 24.3 Å². The predicted molar refractivity (Wildman–Crippen MR) is 80.9 cm³/mol. The van der Waals surface area contributed by atoms with Gasteiger partial charge < -0.3 is 10.1 Å². The van der Waals surface area contributed by atoms with E-state index in [4.69, 9.17) is 4.74 Å². The SMILES string of the molecule is C=CCNCC=CCOc1ccc(C)c(C)c1.Cl. The highest BCUT2D eigenvalue weighted by Gasteiger charge is 1.95. The third kappa shape index (κ3) is 6.48. The summed E-state index contributed by atoms with van der Waals surface area (Å²) in [5.41, 5.74) is 2.56. The third-order valence-corrected chi connectivity index (χ3v) is 2.54. The van der Waals surface area contributed by atoms with Gasteiger partial charge in [0.2, 0.25) is 0 Å². The van der Waals surface area contributed by atoms with Crippen LogP contribution < -0.4 is 10.1 Å². The molecule has 0 aliphatic carbocycles. The van der Waals surface area contributed by atoms with Gasteiger partial charge in [-0.25, -0.2) is 0 Å². The molecular formula is C15H22ClNO. The van der Waals surface area contributed by atoms with E-state index in [1.54, 1.807) is 0 Å². The van der Waals surface area contributed by atoms with Crippen molar-refractivity contribution in [2.45, 2.75) is 13.8 Å². The van der Waals surface area contributed by atoms with Gasteiger partial charge in [-0.2, -0.15) is 0 Å². The molecule has 2 nitrogen and oxygen atoms in total. The van der Waals surface area contributed by atoms with Gasteiger partial charge in [0, 0.05) is 13.1 Å². The molecule has 0 bridgehead atoms. The molecule has 0 aliphatic heterocycles. The standard InChI is InChI=1S/C15H21NO.ClH/c1-4-9-16-10-5-6-11-17-15-8-7-13(2)14(3)12-15;/h4-8,12,16H,1,9-11H2,2-3H3;1H. The summed E-state index contributed by atoms with van der Waals surface area (Å²) in [4.78, 5) is 0. The Morgan fingerprint density at radius 1 is 1.17 bits per heavy atom. The highest BCUT2D eigenvalue weighted by atomic mass is 35.5.